The van der Waals surface area contributed by atoms with Gasteiger partial charge in [-0.15, -0.1) is 0 Å². The molecule has 220 valence electrons. The molecule has 2 N–H and O–H groups in total. The number of aromatic nitrogens is 2. The van der Waals surface area contributed by atoms with E-state index in [1.165, 1.54) is 0 Å². The van der Waals surface area contributed by atoms with Gasteiger partial charge in [-0.05, 0) is 66.9 Å². The van der Waals surface area contributed by atoms with E-state index in [9.17, 15) is 9.59 Å². The zero-order valence-electron chi connectivity index (χ0n) is 25.5. The minimum absolute atomic E-state index is 0.0643. The fourth-order valence-corrected chi connectivity index (χ4v) is 3.83. The van der Waals surface area contributed by atoms with Crippen LogP contribution in [0.3, 0.4) is 0 Å². The maximum Gasteiger partial charge on any atom is 0.202 e. The SMILES string of the molecule is Cc1ncc(CC(=O)c2ccc(C(C)(C)C)o2)cc1N.Cc1ncc(CC(=O)c2ccc(C(C)(C)C)o2)cc1N=[N+]=[N-]. The number of pyridine rings is 2. The number of anilines is 1. The number of hydrogen-bond acceptors (Lipinski definition) is 8. The van der Waals surface area contributed by atoms with E-state index in [1.807, 2.05) is 60.6 Å². The van der Waals surface area contributed by atoms with Gasteiger partial charge in [-0.2, -0.15) is 0 Å². The van der Waals surface area contributed by atoms with Crippen LogP contribution in [-0.2, 0) is 23.7 Å². The van der Waals surface area contributed by atoms with Crippen LogP contribution in [0.2, 0.25) is 0 Å². The van der Waals surface area contributed by atoms with Gasteiger partial charge >= 0.3 is 0 Å². The number of Topliss-reactive ketones (excluding diaryl/α,β-unsaturated/α-hetero) is 2. The molecule has 0 aliphatic rings. The second-order valence-corrected chi connectivity index (χ2v) is 12.2. The number of nitrogen functional groups attached to an aromatic ring is 1. The van der Waals surface area contributed by atoms with Crippen molar-refractivity contribution in [2.75, 3.05) is 5.73 Å². The number of azide groups is 1. The number of carbonyl (C=O) groups is 2. The fraction of sp³-hybridized carbons (Fsp3) is 0.375. The molecule has 0 fully saturated rings. The summed E-state index contributed by atoms with van der Waals surface area (Å²) in [6.45, 7) is 15.8. The van der Waals surface area contributed by atoms with Crippen molar-refractivity contribution < 1.29 is 18.4 Å². The van der Waals surface area contributed by atoms with Gasteiger partial charge in [0.2, 0.25) is 11.6 Å². The van der Waals surface area contributed by atoms with Crippen LogP contribution in [0.5, 0.6) is 0 Å². The minimum atomic E-state index is -0.140. The molecule has 0 bridgehead atoms. The summed E-state index contributed by atoms with van der Waals surface area (Å²) >= 11 is 0. The summed E-state index contributed by atoms with van der Waals surface area (Å²) in [5, 5.41) is 3.57. The molecule has 0 aliphatic carbocycles. The fourth-order valence-electron chi connectivity index (χ4n) is 3.83. The van der Waals surface area contributed by atoms with Crippen molar-refractivity contribution in [3.8, 4) is 0 Å². The molecule has 10 heteroatoms. The lowest BCUT2D eigenvalue weighted by atomic mass is 9.94. The zero-order chi connectivity index (χ0) is 31.2. The van der Waals surface area contributed by atoms with Crippen LogP contribution in [0.1, 0.15) is 96.7 Å². The molecule has 0 radical (unpaired) electrons. The lowest BCUT2D eigenvalue weighted by Gasteiger charge is -2.14. The molecule has 0 amide bonds. The van der Waals surface area contributed by atoms with Crippen LogP contribution in [0, 0.1) is 13.8 Å². The third-order valence-electron chi connectivity index (χ3n) is 6.42. The van der Waals surface area contributed by atoms with Crippen LogP contribution in [-0.4, -0.2) is 21.5 Å². The first-order chi connectivity index (χ1) is 19.6. The van der Waals surface area contributed by atoms with E-state index in [4.69, 9.17) is 20.1 Å². The number of furan rings is 2. The van der Waals surface area contributed by atoms with Crippen molar-refractivity contribution >= 4 is 22.9 Å². The molecule has 4 rings (SSSR count). The highest BCUT2D eigenvalue weighted by atomic mass is 16.4. The molecule has 0 aliphatic heterocycles. The number of nitrogens with zero attached hydrogens (tertiary/aromatic N) is 5. The van der Waals surface area contributed by atoms with Crippen molar-refractivity contribution in [3.05, 3.63) is 105 Å². The van der Waals surface area contributed by atoms with Crippen molar-refractivity contribution in [2.24, 2.45) is 5.11 Å². The Balaban J connectivity index is 0.000000231. The van der Waals surface area contributed by atoms with Crippen LogP contribution in [0.15, 0.2) is 62.7 Å². The van der Waals surface area contributed by atoms with E-state index in [-0.39, 0.29) is 35.2 Å². The molecule has 0 aromatic carbocycles. The summed E-state index contributed by atoms with van der Waals surface area (Å²) in [4.78, 5) is 35.5. The molecular weight excluding hydrogens is 532 g/mol. The predicted molar refractivity (Wildman–Crippen MR) is 162 cm³/mol. The Labute approximate surface area is 246 Å². The first-order valence-corrected chi connectivity index (χ1v) is 13.6. The topological polar surface area (TPSA) is 161 Å². The Morgan fingerprint density at radius 1 is 0.810 bits per heavy atom. The first kappa shape index (κ1) is 31.8. The van der Waals surface area contributed by atoms with Gasteiger partial charge < -0.3 is 14.6 Å². The van der Waals surface area contributed by atoms with E-state index in [0.29, 0.717) is 34.2 Å². The van der Waals surface area contributed by atoms with Gasteiger partial charge in [0.05, 0.1) is 17.1 Å². The third-order valence-corrected chi connectivity index (χ3v) is 6.42. The highest BCUT2D eigenvalue weighted by Crippen LogP contribution is 2.26. The Bertz CT molecular complexity index is 1630. The lowest BCUT2D eigenvalue weighted by molar-refractivity contribution is 0.0955. The van der Waals surface area contributed by atoms with Gasteiger partial charge in [0, 0.05) is 46.7 Å². The highest BCUT2D eigenvalue weighted by molar-refractivity contribution is 5.95. The molecule has 4 heterocycles. The second-order valence-electron chi connectivity index (χ2n) is 12.2. The van der Waals surface area contributed by atoms with E-state index in [0.717, 1.165) is 22.8 Å². The summed E-state index contributed by atoms with van der Waals surface area (Å²) in [5.74, 6) is 2.10. The Kier molecular flexibility index (Phi) is 9.75. The number of ketones is 2. The maximum absolute atomic E-state index is 12.3. The van der Waals surface area contributed by atoms with Crippen molar-refractivity contribution in [1.29, 1.82) is 0 Å². The van der Waals surface area contributed by atoms with Crippen LogP contribution in [0.25, 0.3) is 10.4 Å². The van der Waals surface area contributed by atoms with Gasteiger partial charge in [-0.3, -0.25) is 19.6 Å². The van der Waals surface area contributed by atoms with Crippen LogP contribution < -0.4 is 5.73 Å². The summed E-state index contributed by atoms with van der Waals surface area (Å²) in [5.41, 5.74) is 18.0. The number of nitrogens with two attached hydrogens (primary N) is 1. The number of carbonyl (C=O) groups excluding carboxylic acids is 2. The van der Waals surface area contributed by atoms with Crippen molar-refractivity contribution in [3.63, 3.8) is 0 Å². The summed E-state index contributed by atoms with van der Waals surface area (Å²) in [7, 11) is 0. The summed E-state index contributed by atoms with van der Waals surface area (Å²) in [6.07, 6.45) is 3.68. The second kappa shape index (κ2) is 12.9. The Morgan fingerprint density at radius 3 is 1.67 bits per heavy atom. The molecule has 0 unspecified atom stereocenters. The van der Waals surface area contributed by atoms with Crippen molar-refractivity contribution in [1.82, 2.24) is 9.97 Å². The number of aryl methyl sites for hydroxylation is 2. The summed E-state index contributed by atoms with van der Waals surface area (Å²) in [6, 6.07) is 10.6. The highest BCUT2D eigenvalue weighted by Gasteiger charge is 2.22. The van der Waals surface area contributed by atoms with E-state index >= 15 is 0 Å². The summed E-state index contributed by atoms with van der Waals surface area (Å²) < 4.78 is 11.3. The smallest absolute Gasteiger partial charge is 0.202 e. The molecule has 0 atom stereocenters. The molecular formula is C32H38N6O4. The Morgan fingerprint density at radius 2 is 1.26 bits per heavy atom. The maximum atomic E-state index is 12.3. The van der Waals surface area contributed by atoms with E-state index < -0.39 is 0 Å². The quantitative estimate of drug-likeness (QED) is 0.102. The zero-order valence-corrected chi connectivity index (χ0v) is 25.5. The first-order valence-electron chi connectivity index (χ1n) is 13.6. The Hall–Kier alpha value is -4.69. The van der Waals surface area contributed by atoms with Gasteiger partial charge in [-0.25, -0.2) is 0 Å². The number of hydrogen-bond donors (Lipinski definition) is 1. The monoisotopic (exact) mass is 570 g/mol. The average Bonchev–Trinajstić information content (AvgIpc) is 3.60. The molecule has 4 aromatic heterocycles. The van der Waals surface area contributed by atoms with Gasteiger partial charge in [0.25, 0.3) is 0 Å². The van der Waals surface area contributed by atoms with E-state index in [1.54, 1.807) is 43.6 Å². The molecule has 0 spiro atoms. The normalized spacial score (nSPS) is 11.3. The third kappa shape index (κ3) is 8.41. The van der Waals surface area contributed by atoms with Crippen LogP contribution in [0.4, 0.5) is 11.4 Å². The standard InChI is InChI=1S/C16H18N4O2.C16H20N2O2/c1-10-12(19-20-17)7-11(9-18-10)8-13(21)14-5-6-15(22-14)16(2,3)4;1-10-12(17)7-11(9-18-10)8-13(19)14-5-6-15(20-14)16(2,3)4/h5-7,9H,8H2,1-4H3;5-7,9H,8,17H2,1-4H3. The lowest BCUT2D eigenvalue weighted by Crippen LogP contribution is -2.09. The average molecular weight is 571 g/mol. The van der Waals surface area contributed by atoms with Gasteiger partial charge in [-0.1, -0.05) is 46.7 Å². The van der Waals surface area contributed by atoms with Gasteiger partial charge in [0.15, 0.2) is 11.5 Å². The largest absolute Gasteiger partial charge is 0.457 e. The van der Waals surface area contributed by atoms with Crippen molar-refractivity contribution in [2.45, 2.75) is 79.1 Å². The molecule has 42 heavy (non-hydrogen) atoms. The molecule has 10 nitrogen and oxygen atoms in total. The molecule has 0 saturated carbocycles. The number of rotatable bonds is 7. The minimum Gasteiger partial charge on any atom is -0.457 e. The van der Waals surface area contributed by atoms with E-state index in [2.05, 4.69) is 20.0 Å². The van der Waals surface area contributed by atoms with Crippen LogP contribution >= 0.6 is 0 Å². The molecule has 4 aromatic rings. The van der Waals surface area contributed by atoms with Gasteiger partial charge in [0.1, 0.15) is 11.5 Å². The predicted octanol–water partition coefficient (Wildman–Crippen LogP) is 7.94. The molecule has 0 saturated heterocycles.